The number of nitrogens with zero attached hydrogens (tertiary/aromatic N) is 2. The molecule has 2 heterocycles. The first-order chi connectivity index (χ1) is 18.1. The van der Waals surface area contributed by atoms with Gasteiger partial charge in [-0.1, -0.05) is 77.1 Å². The second-order valence-corrected chi connectivity index (χ2v) is 13.1. The van der Waals surface area contributed by atoms with Crippen LogP contribution in [-0.4, -0.2) is 10.9 Å². The summed E-state index contributed by atoms with van der Waals surface area (Å²) in [5.74, 6) is 0.960. The third kappa shape index (κ3) is 5.24. The number of thiophene rings is 1. The Kier molecular flexibility index (Phi) is 7.11. The Hall–Kier alpha value is -3.49. The Morgan fingerprint density at radius 2 is 1.89 bits per heavy atom. The van der Waals surface area contributed by atoms with Gasteiger partial charge in [-0.15, -0.1) is 11.3 Å². The minimum absolute atomic E-state index is 0.205. The van der Waals surface area contributed by atoms with Crippen LogP contribution in [0.4, 0.5) is 5.00 Å². The molecule has 1 aliphatic rings. The summed E-state index contributed by atoms with van der Waals surface area (Å²) in [7, 11) is 0. The normalized spacial score (nSPS) is 15.3. The fraction of sp³-hybridized carbons (Fsp3) is 0.364. The molecule has 4 aromatic rings. The highest BCUT2D eigenvalue weighted by Crippen LogP contribution is 2.44. The van der Waals surface area contributed by atoms with E-state index in [1.54, 1.807) is 11.3 Å². The van der Waals surface area contributed by atoms with Gasteiger partial charge in [0.15, 0.2) is 0 Å². The SMILES string of the molecule is CC(C)Cc1ccc(-c2cc(C(=O)Nc3sc4c(c3C#N)CCC(C(C)(C)C)C4)c3ccccc3n2)cc1. The molecule has 1 N–H and O–H groups in total. The van der Waals surface area contributed by atoms with Gasteiger partial charge in [0.05, 0.1) is 22.3 Å². The number of benzene rings is 2. The van der Waals surface area contributed by atoms with Crippen molar-refractivity contribution in [2.45, 2.75) is 60.3 Å². The van der Waals surface area contributed by atoms with Crippen molar-refractivity contribution in [1.29, 1.82) is 5.26 Å². The van der Waals surface area contributed by atoms with E-state index in [1.165, 1.54) is 10.4 Å². The summed E-state index contributed by atoms with van der Waals surface area (Å²) < 4.78 is 0. The van der Waals surface area contributed by atoms with Gasteiger partial charge in [0.1, 0.15) is 11.1 Å². The Bertz CT molecular complexity index is 1530. The average Bonchev–Trinajstić information content (AvgIpc) is 3.23. The van der Waals surface area contributed by atoms with E-state index in [2.05, 4.69) is 70.3 Å². The Morgan fingerprint density at radius 1 is 1.16 bits per heavy atom. The molecule has 2 aromatic carbocycles. The number of hydrogen-bond donors (Lipinski definition) is 1. The number of amides is 1. The standard InChI is InChI=1S/C33H35N3OS/c1-20(2)16-21-10-12-22(13-11-21)29-18-26(24-8-6-7-9-28(24)35-29)31(37)36-32-27(19-34)25-15-14-23(33(3,4)5)17-30(25)38-32/h6-13,18,20,23H,14-17H2,1-5H3,(H,36,37). The molecule has 0 radical (unpaired) electrons. The highest BCUT2D eigenvalue weighted by atomic mass is 32.1. The quantitative estimate of drug-likeness (QED) is 0.286. The summed E-state index contributed by atoms with van der Waals surface area (Å²) in [5, 5.41) is 14.6. The lowest BCUT2D eigenvalue weighted by Crippen LogP contribution is -2.26. The van der Waals surface area contributed by atoms with Crippen LogP contribution in [0.3, 0.4) is 0 Å². The van der Waals surface area contributed by atoms with Gasteiger partial charge in [0.25, 0.3) is 5.91 Å². The molecule has 0 saturated carbocycles. The van der Waals surface area contributed by atoms with E-state index in [9.17, 15) is 10.1 Å². The molecule has 1 unspecified atom stereocenters. The molecular formula is C33H35N3OS. The maximum Gasteiger partial charge on any atom is 0.257 e. The van der Waals surface area contributed by atoms with E-state index in [1.807, 2.05) is 30.3 Å². The smallest absolute Gasteiger partial charge is 0.257 e. The second kappa shape index (κ2) is 10.3. The highest BCUT2D eigenvalue weighted by molar-refractivity contribution is 7.16. The van der Waals surface area contributed by atoms with Gasteiger partial charge in [-0.3, -0.25) is 4.79 Å². The van der Waals surface area contributed by atoms with Gasteiger partial charge in [-0.2, -0.15) is 5.26 Å². The zero-order valence-corrected chi connectivity index (χ0v) is 23.7. The molecule has 5 heteroatoms. The Balaban J connectivity index is 1.49. The summed E-state index contributed by atoms with van der Waals surface area (Å²) in [6.07, 6.45) is 3.95. The van der Waals surface area contributed by atoms with Crippen molar-refractivity contribution in [3.05, 3.63) is 81.7 Å². The number of para-hydroxylation sites is 1. The van der Waals surface area contributed by atoms with Crippen LogP contribution in [0.15, 0.2) is 54.6 Å². The zero-order chi connectivity index (χ0) is 27.0. The first kappa shape index (κ1) is 26.1. The molecule has 1 aliphatic carbocycles. The van der Waals surface area contributed by atoms with Crippen molar-refractivity contribution >= 4 is 33.1 Å². The van der Waals surface area contributed by atoms with E-state index in [0.717, 1.165) is 53.4 Å². The first-order valence-electron chi connectivity index (χ1n) is 13.5. The van der Waals surface area contributed by atoms with E-state index in [0.29, 0.717) is 28.0 Å². The van der Waals surface area contributed by atoms with Crippen molar-refractivity contribution < 1.29 is 4.79 Å². The Morgan fingerprint density at radius 3 is 2.58 bits per heavy atom. The predicted octanol–water partition coefficient (Wildman–Crippen LogP) is 8.44. The third-order valence-electron chi connectivity index (χ3n) is 7.68. The maximum atomic E-state index is 13.7. The third-order valence-corrected chi connectivity index (χ3v) is 8.85. The molecule has 194 valence electrons. The summed E-state index contributed by atoms with van der Waals surface area (Å²) in [4.78, 5) is 19.9. The van der Waals surface area contributed by atoms with Gasteiger partial charge < -0.3 is 5.32 Å². The summed E-state index contributed by atoms with van der Waals surface area (Å²) >= 11 is 1.57. The zero-order valence-electron chi connectivity index (χ0n) is 22.9. The topological polar surface area (TPSA) is 65.8 Å². The number of hydrogen-bond acceptors (Lipinski definition) is 4. The number of nitrogens with one attached hydrogen (secondary N) is 1. The van der Waals surface area contributed by atoms with Crippen molar-refractivity contribution in [1.82, 2.24) is 4.98 Å². The van der Waals surface area contributed by atoms with Crippen LogP contribution in [0, 0.1) is 28.6 Å². The monoisotopic (exact) mass is 521 g/mol. The lowest BCUT2D eigenvalue weighted by atomic mass is 9.72. The molecule has 2 aromatic heterocycles. The number of rotatable bonds is 5. The molecule has 0 spiro atoms. The van der Waals surface area contributed by atoms with Gasteiger partial charge in [0.2, 0.25) is 0 Å². The minimum Gasteiger partial charge on any atom is -0.312 e. The molecule has 0 saturated heterocycles. The lowest BCUT2D eigenvalue weighted by molar-refractivity contribution is 0.102. The van der Waals surface area contributed by atoms with E-state index >= 15 is 0 Å². The molecule has 0 aliphatic heterocycles. The molecule has 1 atom stereocenters. The number of pyridine rings is 1. The highest BCUT2D eigenvalue weighted by Gasteiger charge is 2.32. The number of carbonyl (C=O) groups excluding carboxylic acids is 1. The Labute approximate surface area is 229 Å². The lowest BCUT2D eigenvalue weighted by Gasteiger charge is -2.33. The number of aromatic nitrogens is 1. The van der Waals surface area contributed by atoms with Crippen molar-refractivity contribution in [2.24, 2.45) is 17.3 Å². The number of anilines is 1. The van der Waals surface area contributed by atoms with Gasteiger partial charge in [-0.05, 0) is 66.2 Å². The predicted molar refractivity (Wildman–Crippen MR) is 158 cm³/mol. The molecular weight excluding hydrogens is 486 g/mol. The van der Waals surface area contributed by atoms with Crippen LogP contribution in [-0.2, 0) is 19.3 Å². The molecule has 5 rings (SSSR count). The fourth-order valence-corrected chi connectivity index (χ4v) is 6.77. The van der Waals surface area contributed by atoms with Gasteiger partial charge in [0, 0.05) is 15.8 Å². The molecule has 0 fully saturated rings. The number of carbonyl (C=O) groups is 1. The molecule has 0 bridgehead atoms. The number of nitriles is 1. The van der Waals surface area contributed by atoms with E-state index in [-0.39, 0.29) is 11.3 Å². The van der Waals surface area contributed by atoms with Crippen LogP contribution in [0.25, 0.3) is 22.2 Å². The van der Waals surface area contributed by atoms with Crippen molar-refractivity contribution in [3.63, 3.8) is 0 Å². The fourth-order valence-electron chi connectivity index (χ4n) is 5.50. The number of fused-ring (bicyclic) bond motifs is 2. The van der Waals surface area contributed by atoms with E-state index in [4.69, 9.17) is 4.98 Å². The van der Waals surface area contributed by atoms with Gasteiger partial charge >= 0.3 is 0 Å². The molecule has 1 amide bonds. The van der Waals surface area contributed by atoms with Crippen molar-refractivity contribution in [3.8, 4) is 17.3 Å². The second-order valence-electron chi connectivity index (χ2n) is 11.9. The van der Waals surface area contributed by atoms with Crippen molar-refractivity contribution in [2.75, 3.05) is 5.32 Å². The molecule has 4 nitrogen and oxygen atoms in total. The van der Waals surface area contributed by atoms with Crippen LogP contribution in [0.2, 0.25) is 0 Å². The van der Waals surface area contributed by atoms with Gasteiger partial charge in [-0.25, -0.2) is 4.98 Å². The largest absolute Gasteiger partial charge is 0.312 e. The molecule has 38 heavy (non-hydrogen) atoms. The summed E-state index contributed by atoms with van der Waals surface area (Å²) in [6, 6.07) is 20.5. The summed E-state index contributed by atoms with van der Waals surface area (Å²) in [6.45, 7) is 11.3. The average molecular weight is 522 g/mol. The maximum absolute atomic E-state index is 13.7. The van der Waals surface area contributed by atoms with Crippen LogP contribution < -0.4 is 5.32 Å². The van der Waals surface area contributed by atoms with Crippen LogP contribution in [0.1, 0.15) is 73.0 Å². The first-order valence-corrected chi connectivity index (χ1v) is 14.3. The minimum atomic E-state index is -0.205. The van der Waals surface area contributed by atoms with Crippen LogP contribution >= 0.6 is 11.3 Å². The van der Waals surface area contributed by atoms with E-state index < -0.39 is 0 Å². The van der Waals surface area contributed by atoms with Crippen LogP contribution in [0.5, 0.6) is 0 Å². The summed E-state index contributed by atoms with van der Waals surface area (Å²) in [5.41, 5.74) is 6.36.